The molecule has 1 unspecified atom stereocenters. The summed E-state index contributed by atoms with van der Waals surface area (Å²) >= 11 is 0. The first kappa shape index (κ1) is 11.0. The lowest BCUT2D eigenvalue weighted by Crippen LogP contribution is -2.18. The molecular formula is C11H16O3. The van der Waals surface area contributed by atoms with E-state index < -0.39 is 5.97 Å². The Morgan fingerprint density at radius 3 is 3.00 bits per heavy atom. The number of allylic oxidation sites excluding steroid dienone is 1. The molecule has 0 aromatic heterocycles. The number of hydrogen-bond acceptors (Lipinski definition) is 3. The Morgan fingerprint density at radius 1 is 1.50 bits per heavy atom. The zero-order valence-electron chi connectivity index (χ0n) is 8.28. The topological polar surface area (TPSA) is 35.5 Å². The molecule has 0 saturated carbocycles. The molecule has 1 rings (SSSR count). The molecule has 0 aromatic rings. The molecule has 0 spiro atoms. The van der Waals surface area contributed by atoms with Gasteiger partial charge in [-0.2, -0.15) is 0 Å². The SMILES string of the molecule is C=CC(=O)OCCOC1CC=CCC1. The first-order valence-electron chi connectivity index (χ1n) is 4.88. The fourth-order valence-electron chi connectivity index (χ4n) is 1.33. The van der Waals surface area contributed by atoms with Crippen molar-refractivity contribution in [3.63, 3.8) is 0 Å². The van der Waals surface area contributed by atoms with Crippen LogP contribution in [0.5, 0.6) is 0 Å². The highest BCUT2D eigenvalue weighted by atomic mass is 16.6. The van der Waals surface area contributed by atoms with E-state index in [0.29, 0.717) is 19.3 Å². The summed E-state index contributed by atoms with van der Waals surface area (Å²) in [5, 5.41) is 0. The van der Waals surface area contributed by atoms with Crippen molar-refractivity contribution in [1.29, 1.82) is 0 Å². The molecular weight excluding hydrogens is 180 g/mol. The van der Waals surface area contributed by atoms with Crippen molar-refractivity contribution in [2.24, 2.45) is 0 Å². The lowest BCUT2D eigenvalue weighted by molar-refractivity contribution is -0.139. The minimum Gasteiger partial charge on any atom is -0.460 e. The van der Waals surface area contributed by atoms with Crippen molar-refractivity contribution >= 4 is 5.97 Å². The highest BCUT2D eigenvalue weighted by Gasteiger charge is 2.09. The minimum absolute atomic E-state index is 0.294. The summed E-state index contributed by atoms with van der Waals surface area (Å²) in [6.45, 7) is 4.09. The standard InChI is InChI=1S/C11H16O3/c1-2-11(12)14-9-8-13-10-6-4-3-5-7-10/h2-4,10H,1,5-9H2. The molecule has 0 fully saturated rings. The van der Waals surface area contributed by atoms with E-state index in [2.05, 4.69) is 18.7 Å². The fraction of sp³-hybridized carbons (Fsp3) is 0.545. The van der Waals surface area contributed by atoms with E-state index in [9.17, 15) is 4.79 Å². The first-order valence-corrected chi connectivity index (χ1v) is 4.88. The van der Waals surface area contributed by atoms with Crippen LogP contribution in [0.2, 0.25) is 0 Å². The van der Waals surface area contributed by atoms with Crippen LogP contribution in [0.1, 0.15) is 19.3 Å². The molecule has 0 bridgehead atoms. The van der Waals surface area contributed by atoms with Gasteiger partial charge in [-0.25, -0.2) is 4.79 Å². The van der Waals surface area contributed by atoms with E-state index in [1.165, 1.54) is 0 Å². The largest absolute Gasteiger partial charge is 0.460 e. The van der Waals surface area contributed by atoms with Crippen LogP contribution < -0.4 is 0 Å². The predicted octanol–water partition coefficient (Wildman–Crippen LogP) is 1.84. The molecule has 0 heterocycles. The second kappa shape index (κ2) is 6.38. The van der Waals surface area contributed by atoms with Crippen molar-refractivity contribution < 1.29 is 14.3 Å². The molecule has 0 aromatic carbocycles. The maximum atomic E-state index is 10.7. The van der Waals surface area contributed by atoms with Gasteiger partial charge in [0.15, 0.2) is 0 Å². The Bertz CT molecular complexity index is 221. The van der Waals surface area contributed by atoms with Gasteiger partial charge in [-0.1, -0.05) is 18.7 Å². The van der Waals surface area contributed by atoms with Gasteiger partial charge in [0.05, 0.1) is 12.7 Å². The molecule has 78 valence electrons. The van der Waals surface area contributed by atoms with Crippen LogP contribution in [0.25, 0.3) is 0 Å². The van der Waals surface area contributed by atoms with E-state index in [1.54, 1.807) is 0 Å². The van der Waals surface area contributed by atoms with Gasteiger partial charge in [0.25, 0.3) is 0 Å². The Balaban J connectivity index is 2.00. The average Bonchev–Trinajstić information content (AvgIpc) is 2.25. The number of esters is 1. The monoisotopic (exact) mass is 196 g/mol. The molecule has 3 nitrogen and oxygen atoms in total. The molecule has 0 amide bonds. The third kappa shape index (κ3) is 4.23. The third-order valence-electron chi connectivity index (χ3n) is 2.07. The highest BCUT2D eigenvalue weighted by Crippen LogP contribution is 2.13. The number of rotatable bonds is 5. The molecule has 14 heavy (non-hydrogen) atoms. The molecule has 0 aliphatic heterocycles. The van der Waals surface area contributed by atoms with E-state index in [4.69, 9.17) is 9.47 Å². The van der Waals surface area contributed by atoms with E-state index in [-0.39, 0.29) is 0 Å². The molecule has 1 aliphatic carbocycles. The fourth-order valence-corrected chi connectivity index (χ4v) is 1.33. The van der Waals surface area contributed by atoms with Crippen molar-refractivity contribution in [1.82, 2.24) is 0 Å². The van der Waals surface area contributed by atoms with Gasteiger partial charge in [0, 0.05) is 6.08 Å². The zero-order chi connectivity index (χ0) is 10.2. The second-order valence-corrected chi connectivity index (χ2v) is 3.15. The summed E-state index contributed by atoms with van der Waals surface area (Å²) in [4.78, 5) is 10.7. The van der Waals surface area contributed by atoms with E-state index in [1.807, 2.05) is 0 Å². The number of carbonyl (C=O) groups excluding carboxylic acids is 1. The lowest BCUT2D eigenvalue weighted by Gasteiger charge is -2.18. The summed E-state index contributed by atoms with van der Waals surface area (Å²) in [7, 11) is 0. The van der Waals surface area contributed by atoms with Crippen molar-refractivity contribution in [3.05, 3.63) is 24.8 Å². The maximum Gasteiger partial charge on any atom is 0.330 e. The van der Waals surface area contributed by atoms with Gasteiger partial charge in [-0.3, -0.25) is 0 Å². The Morgan fingerprint density at radius 2 is 2.36 bits per heavy atom. The number of hydrogen-bond donors (Lipinski definition) is 0. The summed E-state index contributed by atoms with van der Waals surface area (Å²) in [6, 6.07) is 0. The zero-order valence-corrected chi connectivity index (χ0v) is 8.28. The van der Waals surface area contributed by atoms with Crippen LogP contribution in [-0.4, -0.2) is 25.3 Å². The van der Waals surface area contributed by atoms with Crippen molar-refractivity contribution in [2.75, 3.05) is 13.2 Å². The smallest absolute Gasteiger partial charge is 0.330 e. The molecule has 1 atom stereocenters. The van der Waals surface area contributed by atoms with Gasteiger partial charge in [-0.15, -0.1) is 0 Å². The summed E-state index contributed by atoms with van der Waals surface area (Å²) in [5.74, 6) is -0.392. The van der Waals surface area contributed by atoms with Crippen molar-refractivity contribution in [2.45, 2.75) is 25.4 Å². The molecule has 0 radical (unpaired) electrons. The quantitative estimate of drug-likeness (QED) is 0.291. The Hall–Kier alpha value is -1.09. The van der Waals surface area contributed by atoms with Crippen LogP contribution in [0.3, 0.4) is 0 Å². The lowest BCUT2D eigenvalue weighted by atomic mass is 10.1. The van der Waals surface area contributed by atoms with Gasteiger partial charge in [-0.05, 0) is 19.3 Å². The normalized spacial score (nSPS) is 20.4. The van der Waals surface area contributed by atoms with E-state index >= 15 is 0 Å². The predicted molar refractivity (Wildman–Crippen MR) is 53.9 cm³/mol. The first-order chi connectivity index (χ1) is 6.83. The highest BCUT2D eigenvalue weighted by molar-refractivity contribution is 5.81. The Labute approximate surface area is 84.4 Å². The van der Waals surface area contributed by atoms with Crippen molar-refractivity contribution in [3.8, 4) is 0 Å². The van der Waals surface area contributed by atoms with Gasteiger partial charge in [0.2, 0.25) is 0 Å². The molecule has 3 heteroatoms. The number of ether oxygens (including phenoxy) is 2. The summed E-state index contributed by atoms with van der Waals surface area (Å²) in [6.07, 6.45) is 8.85. The van der Waals surface area contributed by atoms with Crippen LogP contribution in [0, 0.1) is 0 Å². The maximum absolute atomic E-state index is 10.7. The average molecular weight is 196 g/mol. The summed E-state index contributed by atoms with van der Waals surface area (Å²) in [5.41, 5.74) is 0. The van der Waals surface area contributed by atoms with Crippen LogP contribution in [0.15, 0.2) is 24.8 Å². The van der Waals surface area contributed by atoms with Gasteiger partial charge < -0.3 is 9.47 Å². The Kier molecular flexibility index (Phi) is 5.00. The second-order valence-electron chi connectivity index (χ2n) is 3.15. The third-order valence-corrected chi connectivity index (χ3v) is 2.07. The molecule has 0 saturated heterocycles. The molecule has 1 aliphatic rings. The van der Waals surface area contributed by atoms with Crippen LogP contribution in [0.4, 0.5) is 0 Å². The van der Waals surface area contributed by atoms with Gasteiger partial charge in [0.1, 0.15) is 6.61 Å². The van der Waals surface area contributed by atoms with Crippen LogP contribution >= 0.6 is 0 Å². The summed E-state index contributed by atoms with van der Waals surface area (Å²) < 4.78 is 10.3. The van der Waals surface area contributed by atoms with Gasteiger partial charge >= 0.3 is 5.97 Å². The molecule has 0 N–H and O–H groups in total. The number of carbonyl (C=O) groups is 1. The minimum atomic E-state index is -0.392. The van der Waals surface area contributed by atoms with E-state index in [0.717, 1.165) is 25.3 Å². The van der Waals surface area contributed by atoms with Crippen LogP contribution in [-0.2, 0) is 14.3 Å².